The molecule has 0 bridgehead atoms. The smallest absolute Gasteiger partial charge is 0.416 e. The van der Waals surface area contributed by atoms with Gasteiger partial charge >= 0.3 is 18.4 Å². The molecule has 0 aliphatic rings. The lowest BCUT2D eigenvalue weighted by molar-refractivity contribution is -0.143. The Morgan fingerprint density at radius 1 is 0.795 bits per heavy atom. The van der Waals surface area contributed by atoms with Crippen LogP contribution in [0.4, 0.5) is 42.5 Å². The summed E-state index contributed by atoms with van der Waals surface area (Å²) >= 11 is 0. The standard InChI is InChI=1S/C25H20F6N6O2/c1-13-8-14(2)37(36-13)21-12-22(33-15(3)32-21)39-20-6-4-18(5-7-20)34-23(38)35-19-10-16(24(26,27)28)9-17(11-19)25(29,30)31/h4-12H,1-3H3,(H2,34,35,38). The van der Waals surface area contributed by atoms with Crippen LogP contribution in [0.15, 0.2) is 54.6 Å². The van der Waals surface area contributed by atoms with Gasteiger partial charge in [0.25, 0.3) is 0 Å². The fraction of sp³-hybridized carbons (Fsp3) is 0.200. The van der Waals surface area contributed by atoms with Crippen molar-refractivity contribution in [1.82, 2.24) is 19.7 Å². The van der Waals surface area contributed by atoms with Crippen molar-refractivity contribution in [1.29, 1.82) is 0 Å². The summed E-state index contributed by atoms with van der Waals surface area (Å²) in [5.74, 6) is 1.51. The fourth-order valence-corrected chi connectivity index (χ4v) is 3.59. The van der Waals surface area contributed by atoms with Crippen LogP contribution < -0.4 is 15.4 Å². The molecule has 0 radical (unpaired) electrons. The number of anilines is 2. The van der Waals surface area contributed by atoms with Crippen molar-refractivity contribution in [2.24, 2.45) is 0 Å². The number of hydrogen-bond donors (Lipinski definition) is 2. The number of ether oxygens (including phenoxy) is 1. The van der Waals surface area contributed by atoms with Crippen LogP contribution >= 0.6 is 0 Å². The van der Waals surface area contributed by atoms with Crippen molar-refractivity contribution in [2.75, 3.05) is 10.6 Å². The molecule has 2 aromatic heterocycles. The molecule has 2 N–H and O–H groups in total. The molecule has 2 aromatic carbocycles. The number of carbonyl (C=O) groups excluding carboxylic acids is 1. The second-order valence-corrected chi connectivity index (χ2v) is 8.45. The summed E-state index contributed by atoms with van der Waals surface area (Å²) < 4.78 is 85.7. The van der Waals surface area contributed by atoms with Crippen LogP contribution in [0, 0.1) is 20.8 Å². The highest BCUT2D eigenvalue weighted by Gasteiger charge is 2.37. The molecule has 2 heterocycles. The van der Waals surface area contributed by atoms with Crippen molar-refractivity contribution in [2.45, 2.75) is 33.1 Å². The second kappa shape index (κ2) is 10.3. The van der Waals surface area contributed by atoms with Crippen molar-refractivity contribution >= 4 is 17.4 Å². The normalized spacial score (nSPS) is 11.8. The van der Waals surface area contributed by atoms with Crippen LogP contribution in [0.3, 0.4) is 0 Å². The number of aromatic nitrogens is 4. The summed E-state index contributed by atoms with van der Waals surface area (Å²) in [5.41, 5.74) is -1.89. The quantitative estimate of drug-likeness (QED) is 0.260. The zero-order valence-corrected chi connectivity index (χ0v) is 20.6. The topological polar surface area (TPSA) is 94.0 Å². The summed E-state index contributed by atoms with van der Waals surface area (Å²) in [6, 6.07) is 9.07. The number of carbonyl (C=O) groups is 1. The molecule has 0 saturated carbocycles. The van der Waals surface area contributed by atoms with Gasteiger partial charge in [0.1, 0.15) is 11.6 Å². The average Bonchev–Trinajstić information content (AvgIpc) is 3.16. The predicted octanol–water partition coefficient (Wildman–Crippen LogP) is 7.06. The van der Waals surface area contributed by atoms with Gasteiger partial charge in [-0.2, -0.15) is 36.4 Å². The minimum Gasteiger partial charge on any atom is -0.439 e. The summed E-state index contributed by atoms with van der Waals surface area (Å²) in [6.07, 6.45) is -10.1. The molecule has 0 aliphatic heterocycles. The molecular formula is C25H20F6N6O2. The first-order valence-electron chi connectivity index (χ1n) is 11.2. The average molecular weight is 550 g/mol. The molecule has 0 aliphatic carbocycles. The van der Waals surface area contributed by atoms with Gasteiger partial charge in [0.15, 0.2) is 5.82 Å². The summed E-state index contributed by atoms with van der Waals surface area (Å²) in [6.45, 7) is 5.42. The maximum absolute atomic E-state index is 13.0. The monoisotopic (exact) mass is 550 g/mol. The zero-order valence-electron chi connectivity index (χ0n) is 20.6. The molecule has 14 heteroatoms. The lowest BCUT2D eigenvalue weighted by Gasteiger charge is -2.15. The number of halogens is 6. The molecule has 8 nitrogen and oxygen atoms in total. The van der Waals surface area contributed by atoms with Crippen LogP contribution in [-0.4, -0.2) is 25.8 Å². The number of urea groups is 1. The van der Waals surface area contributed by atoms with Crippen molar-refractivity contribution < 1.29 is 35.9 Å². The van der Waals surface area contributed by atoms with E-state index in [-0.39, 0.29) is 17.6 Å². The maximum Gasteiger partial charge on any atom is 0.416 e. The van der Waals surface area contributed by atoms with Gasteiger partial charge in [0.2, 0.25) is 5.88 Å². The Balaban J connectivity index is 1.45. The second-order valence-electron chi connectivity index (χ2n) is 8.45. The molecule has 2 amide bonds. The van der Waals surface area contributed by atoms with Gasteiger partial charge in [-0.3, -0.25) is 0 Å². The van der Waals surface area contributed by atoms with E-state index in [0.717, 1.165) is 11.4 Å². The molecule has 0 fully saturated rings. The molecule has 0 saturated heterocycles. The Hall–Kier alpha value is -4.62. The molecule has 0 spiro atoms. The Kier molecular flexibility index (Phi) is 7.22. The fourth-order valence-electron chi connectivity index (χ4n) is 3.59. The molecule has 4 aromatic rings. The summed E-state index contributed by atoms with van der Waals surface area (Å²) in [7, 11) is 0. The van der Waals surface area contributed by atoms with Crippen LogP contribution in [-0.2, 0) is 12.4 Å². The SMILES string of the molecule is Cc1cc(C)n(-c2cc(Oc3ccc(NC(=O)Nc4cc(C(F)(F)F)cc(C(F)(F)F)c4)cc3)nc(C)n2)n1. The number of nitrogens with zero attached hydrogens (tertiary/aromatic N) is 4. The summed E-state index contributed by atoms with van der Waals surface area (Å²) in [4.78, 5) is 20.9. The Morgan fingerprint density at radius 2 is 1.38 bits per heavy atom. The van der Waals surface area contributed by atoms with E-state index in [1.54, 1.807) is 17.7 Å². The lowest BCUT2D eigenvalue weighted by Crippen LogP contribution is -2.20. The molecular weight excluding hydrogens is 530 g/mol. The minimum atomic E-state index is -5.04. The van der Waals surface area contributed by atoms with E-state index >= 15 is 0 Å². The van der Waals surface area contributed by atoms with E-state index < -0.39 is 35.2 Å². The molecule has 204 valence electrons. The molecule has 0 atom stereocenters. The van der Waals surface area contributed by atoms with Crippen LogP contribution in [0.25, 0.3) is 5.82 Å². The first-order valence-corrected chi connectivity index (χ1v) is 11.2. The third-order valence-corrected chi connectivity index (χ3v) is 5.21. The lowest BCUT2D eigenvalue weighted by atomic mass is 10.1. The molecule has 39 heavy (non-hydrogen) atoms. The van der Waals surface area contributed by atoms with Crippen LogP contribution in [0.1, 0.15) is 28.3 Å². The number of benzene rings is 2. The number of nitrogens with one attached hydrogen (secondary N) is 2. The number of aryl methyl sites for hydroxylation is 3. The van der Waals surface area contributed by atoms with Gasteiger partial charge in [-0.1, -0.05) is 0 Å². The number of rotatable bonds is 5. The van der Waals surface area contributed by atoms with Crippen LogP contribution in [0.2, 0.25) is 0 Å². The van der Waals surface area contributed by atoms with E-state index in [0.29, 0.717) is 29.5 Å². The van der Waals surface area contributed by atoms with Gasteiger partial charge in [0, 0.05) is 23.1 Å². The zero-order chi connectivity index (χ0) is 28.5. The number of amides is 2. The Labute approximate surface area is 217 Å². The van der Waals surface area contributed by atoms with E-state index in [1.165, 1.54) is 24.3 Å². The first-order chi connectivity index (χ1) is 18.2. The predicted molar refractivity (Wildman–Crippen MR) is 129 cm³/mol. The van der Waals surface area contributed by atoms with E-state index in [2.05, 4.69) is 20.4 Å². The largest absolute Gasteiger partial charge is 0.439 e. The number of alkyl halides is 6. The van der Waals surface area contributed by atoms with Gasteiger partial charge < -0.3 is 15.4 Å². The van der Waals surface area contributed by atoms with Gasteiger partial charge in [-0.05, 0) is 69.3 Å². The van der Waals surface area contributed by atoms with Gasteiger partial charge in [0.05, 0.1) is 16.8 Å². The molecule has 4 rings (SSSR count). The minimum absolute atomic E-state index is 0.0266. The third-order valence-electron chi connectivity index (χ3n) is 5.21. The van der Waals surface area contributed by atoms with Crippen molar-refractivity contribution in [3.05, 3.63) is 82.9 Å². The van der Waals surface area contributed by atoms with E-state index in [1.807, 2.05) is 25.2 Å². The van der Waals surface area contributed by atoms with Gasteiger partial charge in [-0.15, -0.1) is 0 Å². The third kappa shape index (κ3) is 6.83. The number of hydrogen-bond acceptors (Lipinski definition) is 5. The van der Waals surface area contributed by atoms with E-state index in [9.17, 15) is 31.1 Å². The Morgan fingerprint density at radius 3 is 1.92 bits per heavy atom. The van der Waals surface area contributed by atoms with Gasteiger partial charge in [-0.25, -0.2) is 14.5 Å². The Bertz CT molecular complexity index is 1480. The van der Waals surface area contributed by atoms with Crippen LogP contribution in [0.5, 0.6) is 11.6 Å². The highest BCUT2D eigenvalue weighted by atomic mass is 19.4. The highest BCUT2D eigenvalue weighted by molar-refractivity contribution is 5.99. The van der Waals surface area contributed by atoms with Crippen molar-refractivity contribution in [3.63, 3.8) is 0 Å². The van der Waals surface area contributed by atoms with Crippen molar-refractivity contribution in [3.8, 4) is 17.4 Å². The highest BCUT2D eigenvalue weighted by Crippen LogP contribution is 2.37. The maximum atomic E-state index is 13.0. The van der Waals surface area contributed by atoms with E-state index in [4.69, 9.17) is 4.74 Å². The summed E-state index contributed by atoms with van der Waals surface area (Å²) in [5, 5.41) is 8.72. The first kappa shape index (κ1) is 27.4. The molecule has 0 unspecified atom stereocenters.